The molecule has 1 amide bonds. The zero-order valence-corrected chi connectivity index (χ0v) is 12.9. The fourth-order valence-corrected chi connectivity index (χ4v) is 3.43. The van der Waals surface area contributed by atoms with Crippen LogP contribution < -0.4 is 16.4 Å². The van der Waals surface area contributed by atoms with Gasteiger partial charge >= 0.3 is 0 Å². The second-order valence-corrected chi connectivity index (χ2v) is 6.28. The maximum Gasteiger partial charge on any atom is 0.265 e. The molecule has 1 aliphatic carbocycles. The SMILES string of the molecule is CCNc1nc(N)c(C(=O)NC2CCCCCCC2)s1. The molecule has 0 aliphatic heterocycles. The molecule has 1 saturated carbocycles. The Balaban J connectivity index is 1.96. The fourth-order valence-electron chi connectivity index (χ4n) is 2.57. The van der Waals surface area contributed by atoms with Crippen LogP contribution in [0.3, 0.4) is 0 Å². The minimum absolute atomic E-state index is 0.0743. The third kappa shape index (κ3) is 4.10. The minimum Gasteiger partial charge on any atom is -0.382 e. The van der Waals surface area contributed by atoms with Crippen molar-refractivity contribution in [1.82, 2.24) is 10.3 Å². The van der Waals surface area contributed by atoms with Crippen molar-refractivity contribution >= 4 is 28.2 Å². The molecule has 6 heteroatoms. The molecule has 1 aliphatic rings. The zero-order chi connectivity index (χ0) is 14.4. The normalized spacial score (nSPS) is 17.2. The van der Waals surface area contributed by atoms with Gasteiger partial charge in [-0.15, -0.1) is 0 Å². The highest BCUT2D eigenvalue weighted by molar-refractivity contribution is 7.18. The van der Waals surface area contributed by atoms with Gasteiger partial charge in [-0.1, -0.05) is 43.4 Å². The van der Waals surface area contributed by atoms with Crippen LogP contribution in [0.4, 0.5) is 10.9 Å². The summed E-state index contributed by atoms with van der Waals surface area (Å²) in [7, 11) is 0. The molecule has 1 aromatic heterocycles. The molecular formula is C14H24N4OS. The predicted molar refractivity (Wildman–Crippen MR) is 84.3 cm³/mol. The molecule has 4 N–H and O–H groups in total. The van der Waals surface area contributed by atoms with Gasteiger partial charge in [-0.3, -0.25) is 4.79 Å². The number of carbonyl (C=O) groups is 1. The van der Waals surface area contributed by atoms with E-state index in [1.807, 2.05) is 6.92 Å². The van der Waals surface area contributed by atoms with Crippen LogP contribution in [0.1, 0.15) is 61.5 Å². The molecule has 0 radical (unpaired) electrons. The van der Waals surface area contributed by atoms with Crippen LogP contribution in [0.2, 0.25) is 0 Å². The Labute approximate surface area is 124 Å². The van der Waals surface area contributed by atoms with Gasteiger partial charge in [-0.25, -0.2) is 4.98 Å². The van der Waals surface area contributed by atoms with E-state index in [0.29, 0.717) is 15.8 Å². The zero-order valence-electron chi connectivity index (χ0n) is 12.1. The Kier molecular flexibility index (Phi) is 5.64. The Morgan fingerprint density at radius 1 is 1.30 bits per heavy atom. The Bertz CT molecular complexity index is 438. The smallest absolute Gasteiger partial charge is 0.265 e. The highest BCUT2D eigenvalue weighted by atomic mass is 32.1. The predicted octanol–water partition coefficient (Wildman–Crippen LogP) is 3.00. The summed E-state index contributed by atoms with van der Waals surface area (Å²) >= 11 is 1.33. The first kappa shape index (κ1) is 15.1. The van der Waals surface area contributed by atoms with Gasteiger partial charge in [0.25, 0.3) is 5.91 Å². The van der Waals surface area contributed by atoms with Crippen LogP contribution in [-0.4, -0.2) is 23.5 Å². The molecule has 20 heavy (non-hydrogen) atoms. The van der Waals surface area contributed by atoms with Crippen molar-refractivity contribution in [2.45, 2.75) is 57.9 Å². The van der Waals surface area contributed by atoms with Crippen molar-refractivity contribution < 1.29 is 4.79 Å². The van der Waals surface area contributed by atoms with Crippen LogP contribution in [0.15, 0.2) is 0 Å². The highest BCUT2D eigenvalue weighted by Crippen LogP contribution is 2.25. The summed E-state index contributed by atoms with van der Waals surface area (Å²) in [5.74, 6) is 0.254. The van der Waals surface area contributed by atoms with E-state index in [1.54, 1.807) is 0 Å². The fraction of sp³-hybridized carbons (Fsp3) is 0.714. The number of carbonyl (C=O) groups excluding carboxylic acids is 1. The van der Waals surface area contributed by atoms with Crippen molar-refractivity contribution in [3.05, 3.63) is 4.88 Å². The number of aromatic nitrogens is 1. The van der Waals surface area contributed by atoms with Crippen LogP contribution in [0.25, 0.3) is 0 Å². The van der Waals surface area contributed by atoms with E-state index in [-0.39, 0.29) is 11.9 Å². The molecule has 2 rings (SSSR count). The standard InChI is InChI=1S/C14H24N4OS/c1-2-16-14-18-12(15)11(20-14)13(19)17-10-8-6-4-3-5-7-9-10/h10H,2-9,15H2,1H3,(H,16,18)(H,17,19). The van der Waals surface area contributed by atoms with Gasteiger partial charge in [0.1, 0.15) is 10.7 Å². The molecule has 0 atom stereocenters. The first-order valence-corrected chi connectivity index (χ1v) is 8.33. The summed E-state index contributed by atoms with van der Waals surface area (Å²) < 4.78 is 0. The van der Waals surface area contributed by atoms with Gasteiger partial charge in [0.2, 0.25) is 0 Å². The summed E-state index contributed by atoms with van der Waals surface area (Å²) in [6.07, 6.45) is 8.43. The van der Waals surface area contributed by atoms with Crippen LogP contribution in [-0.2, 0) is 0 Å². The van der Waals surface area contributed by atoms with Crippen molar-refractivity contribution in [3.63, 3.8) is 0 Å². The highest BCUT2D eigenvalue weighted by Gasteiger charge is 2.20. The number of nitrogens with one attached hydrogen (secondary N) is 2. The monoisotopic (exact) mass is 296 g/mol. The maximum absolute atomic E-state index is 12.3. The average molecular weight is 296 g/mol. The van der Waals surface area contributed by atoms with E-state index >= 15 is 0 Å². The number of hydrogen-bond donors (Lipinski definition) is 3. The molecule has 0 spiro atoms. The van der Waals surface area contributed by atoms with Crippen molar-refractivity contribution in [3.8, 4) is 0 Å². The first-order chi connectivity index (χ1) is 9.70. The largest absolute Gasteiger partial charge is 0.382 e. The van der Waals surface area contributed by atoms with E-state index in [0.717, 1.165) is 19.4 Å². The molecule has 0 bridgehead atoms. The number of nitrogens with zero attached hydrogens (tertiary/aromatic N) is 1. The molecule has 1 heterocycles. The van der Waals surface area contributed by atoms with Gasteiger partial charge in [0, 0.05) is 12.6 Å². The number of nitrogen functional groups attached to an aromatic ring is 1. The lowest BCUT2D eigenvalue weighted by atomic mass is 9.97. The Morgan fingerprint density at radius 3 is 2.60 bits per heavy atom. The Hall–Kier alpha value is -1.30. The van der Waals surface area contributed by atoms with Gasteiger partial charge in [0.15, 0.2) is 5.13 Å². The van der Waals surface area contributed by atoms with Crippen molar-refractivity contribution in [1.29, 1.82) is 0 Å². The number of hydrogen-bond acceptors (Lipinski definition) is 5. The number of nitrogens with two attached hydrogens (primary N) is 1. The van der Waals surface area contributed by atoms with Gasteiger partial charge in [-0.05, 0) is 19.8 Å². The molecule has 0 saturated heterocycles. The van der Waals surface area contributed by atoms with Gasteiger partial charge in [-0.2, -0.15) is 0 Å². The number of amides is 1. The molecular weight excluding hydrogens is 272 g/mol. The topological polar surface area (TPSA) is 80.0 Å². The number of anilines is 2. The van der Waals surface area contributed by atoms with Crippen LogP contribution in [0.5, 0.6) is 0 Å². The summed E-state index contributed by atoms with van der Waals surface area (Å²) in [6, 6.07) is 0.284. The summed E-state index contributed by atoms with van der Waals surface area (Å²) in [5, 5.41) is 6.93. The van der Waals surface area contributed by atoms with E-state index < -0.39 is 0 Å². The summed E-state index contributed by atoms with van der Waals surface area (Å²) in [4.78, 5) is 17.0. The van der Waals surface area contributed by atoms with E-state index in [2.05, 4.69) is 15.6 Å². The van der Waals surface area contributed by atoms with Crippen LogP contribution >= 0.6 is 11.3 Å². The second-order valence-electron chi connectivity index (χ2n) is 5.28. The molecule has 0 aromatic carbocycles. The summed E-state index contributed by atoms with van der Waals surface area (Å²) in [6.45, 7) is 2.77. The lowest BCUT2D eigenvalue weighted by Gasteiger charge is -2.20. The molecule has 1 aromatic rings. The van der Waals surface area contributed by atoms with Crippen molar-refractivity contribution in [2.24, 2.45) is 0 Å². The lowest BCUT2D eigenvalue weighted by Crippen LogP contribution is -2.35. The molecule has 1 fully saturated rings. The molecule has 5 nitrogen and oxygen atoms in total. The first-order valence-electron chi connectivity index (χ1n) is 7.51. The van der Waals surface area contributed by atoms with Gasteiger partial charge < -0.3 is 16.4 Å². The third-order valence-electron chi connectivity index (χ3n) is 3.63. The quantitative estimate of drug-likeness (QED) is 0.798. The number of thiazole rings is 1. The van der Waals surface area contributed by atoms with E-state index in [9.17, 15) is 4.79 Å². The van der Waals surface area contributed by atoms with E-state index in [1.165, 1.54) is 43.4 Å². The second kappa shape index (κ2) is 7.47. The summed E-state index contributed by atoms with van der Waals surface area (Å²) in [5.41, 5.74) is 5.83. The maximum atomic E-state index is 12.3. The Morgan fingerprint density at radius 2 is 1.95 bits per heavy atom. The van der Waals surface area contributed by atoms with Crippen LogP contribution in [0, 0.1) is 0 Å². The van der Waals surface area contributed by atoms with Crippen molar-refractivity contribution in [2.75, 3.05) is 17.6 Å². The van der Waals surface area contributed by atoms with E-state index in [4.69, 9.17) is 5.73 Å². The lowest BCUT2D eigenvalue weighted by molar-refractivity contribution is 0.0935. The third-order valence-corrected chi connectivity index (χ3v) is 4.66. The molecule has 112 valence electrons. The minimum atomic E-state index is -0.0743. The number of rotatable bonds is 4. The van der Waals surface area contributed by atoms with Gasteiger partial charge in [0.05, 0.1) is 0 Å². The molecule has 0 unspecified atom stereocenters. The average Bonchev–Trinajstić information content (AvgIpc) is 2.74.